The lowest BCUT2D eigenvalue weighted by Gasteiger charge is -2.38. The second kappa shape index (κ2) is 15.2. The number of anilines is 1. The first-order valence-electron chi connectivity index (χ1n) is 12.3. The Morgan fingerprint density at radius 3 is 2.20 bits per heavy atom. The van der Waals surface area contributed by atoms with Crippen LogP contribution in [0, 0.1) is 11.2 Å². The van der Waals surface area contributed by atoms with Gasteiger partial charge in [-0.2, -0.15) is 13.2 Å². The number of amides is 2. The average Bonchev–Trinajstić information content (AvgIpc) is 2.87. The summed E-state index contributed by atoms with van der Waals surface area (Å²) in [4.78, 5) is 34.0. The van der Waals surface area contributed by atoms with Gasteiger partial charge in [-0.25, -0.2) is 14.4 Å². The average molecular weight is 590 g/mol. The molecule has 1 aromatic carbocycles. The summed E-state index contributed by atoms with van der Waals surface area (Å²) in [7, 11) is 1.43. The van der Waals surface area contributed by atoms with Crippen LogP contribution in [0.1, 0.15) is 76.1 Å². The van der Waals surface area contributed by atoms with Gasteiger partial charge in [0.05, 0.1) is 22.8 Å². The molecular weight excluding hydrogens is 554 g/mol. The standard InChI is InChI=1S/C20H18ClF4N5O2.C3H6O.2C2H6/c1-19(2)15(29-18(26)30(3)17(19)32)10-8-9(4-6-12(10)22)27-16(31)14-11(20(23,24)25)5-7-13(21)28-14;1-3(2)4;2*1-2/h4-8,15H,1-3H3,(H2,26,29)(H,27,31);4H,1H2,2H3;2*1-2H3. The van der Waals surface area contributed by atoms with Crippen molar-refractivity contribution in [3.05, 3.63) is 70.5 Å². The highest BCUT2D eigenvalue weighted by Crippen LogP contribution is 2.42. The molecule has 0 saturated heterocycles. The van der Waals surface area contributed by atoms with Gasteiger partial charge in [0.2, 0.25) is 5.91 Å². The van der Waals surface area contributed by atoms with E-state index in [-0.39, 0.29) is 28.1 Å². The van der Waals surface area contributed by atoms with Crippen LogP contribution in [0.3, 0.4) is 0 Å². The molecule has 2 heterocycles. The van der Waals surface area contributed by atoms with E-state index in [0.29, 0.717) is 6.07 Å². The zero-order valence-electron chi connectivity index (χ0n) is 23.7. The molecule has 40 heavy (non-hydrogen) atoms. The molecule has 0 fully saturated rings. The number of nitrogens with zero attached hydrogens (tertiary/aromatic N) is 3. The van der Waals surface area contributed by atoms with Crippen molar-refractivity contribution >= 4 is 35.1 Å². The molecule has 0 radical (unpaired) electrons. The van der Waals surface area contributed by atoms with Crippen LogP contribution in [-0.4, -0.2) is 39.8 Å². The van der Waals surface area contributed by atoms with Crippen LogP contribution in [0.4, 0.5) is 23.2 Å². The fourth-order valence-electron chi connectivity index (χ4n) is 3.35. The Kier molecular flexibility index (Phi) is 13.8. The van der Waals surface area contributed by atoms with Gasteiger partial charge in [-0.05, 0) is 51.1 Å². The number of hydrogen-bond acceptors (Lipinski definition) is 6. The summed E-state index contributed by atoms with van der Waals surface area (Å²) in [6.07, 6.45) is -4.84. The summed E-state index contributed by atoms with van der Waals surface area (Å²) >= 11 is 5.66. The van der Waals surface area contributed by atoms with E-state index in [2.05, 4.69) is 21.9 Å². The highest BCUT2D eigenvalue weighted by molar-refractivity contribution is 6.29. The van der Waals surface area contributed by atoms with Crippen molar-refractivity contribution in [2.75, 3.05) is 12.4 Å². The van der Waals surface area contributed by atoms with Crippen LogP contribution in [0.25, 0.3) is 0 Å². The van der Waals surface area contributed by atoms with Gasteiger partial charge in [0.1, 0.15) is 16.7 Å². The number of carbonyl (C=O) groups excluding carboxylic acids is 2. The molecular formula is C27H36ClF4N5O3. The van der Waals surface area contributed by atoms with Crippen molar-refractivity contribution in [2.24, 2.45) is 16.1 Å². The summed E-state index contributed by atoms with van der Waals surface area (Å²) in [5.41, 5.74) is 2.28. The first kappa shape index (κ1) is 36.3. The van der Waals surface area contributed by atoms with Gasteiger partial charge < -0.3 is 16.2 Å². The predicted octanol–water partition coefficient (Wildman–Crippen LogP) is 7.13. The van der Waals surface area contributed by atoms with E-state index < -0.39 is 46.5 Å². The molecule has 3 rings (SSSR count). The second-order valence-corrected chi connectivity index (χ2v) is 8.82. The van der Waals surface area contributed by atoms with Crippen LogP contribution in [0.15, 0.2) is 47.7 Å². The summed E-state index contributed by atoms with van der Waals surface area (Å²) in [6.45, 7) is 15.8. The van der Waals surface area contributed by atoms with Crippen molar-refractivity contribution in [3.8, 4) is 0 Å². The van der Waals surface area contributed by atoms with Crippen molar-refractivity contribution in [2.45, 2.75) is 60.7 Å². The normalized spacial score (nSPS) is 15.6. The third kappa shape index (κ3) is 9.22. The van der Waals surface area contributed by atoms with Crippen molar-refractivity contribution in [1.82, 2.24) is 9.88 Å². The zero-order chi connectivity index (χ0) is 31.6. The quantitative estimate of drug-likeness (QED) is 0.200. The summed E-state index contributed by atoms with van der Waals surface area (Å²) in [6, 6.07) is 3.88. The molecule has 0 saturated carbocycles. The highest BCUT2D eigenvalue weighted by atomic mass is 35.5. The third-order valence-corrected chi connectivity index (χ3v) is 5.29. The van der Waals surface area contributed by atoms with Crippen LogP contribution in [0.5, 0.6) is 0 Å². The number of hydrogen-bond donors (Lipinski definition) is 3. The minimum Gasteiger partial charge on any atom is -0.513 e. The number of nitrogens with two attached hydrogens (primary N) is 1. The Balaban J connectivity index is 0.00000171. The fourth-order valence-corrected chi connectivity index (χ4v) is 3.50. The number of guanidine groups is 1. The van der Waals surface area contributed by atoms with Gasteiger partial charge in [-0.1, -0.05) is 45.9 Å². The maximum atomic E-state index is 14.7. The lowest BCUT2D eigenvalue weighted by Crippen LogP contribution is -2.51. The van der Waals surface area contributed by atoms with Gasteiger partial charge in [-0.15, -0.1) is 0 Å². The van der Waals surface area contributed by atoms with E-state index >= 15 is 0 Å². The minimum absolute atomic E-state index is 0.0303. The number of halogens is 5. The third-order valence-electron chi connectivity index (χ3n) is 5.07. The molecule has 1 unspecified atom stereocenters. The molecule has 1 atom stereocenters. The number of aliphatic hydroxyl groups is 1. The molecule has 13 heteroatoms. The summed E-state index contributed by atoms with van der Waals surface area (Å²) in [5, 5.41) is 9.82. The summed E-state index contributed by atoms with van der Waals surface area (Å²) < 4.78 is 54.4. The molecule has 2 aromatic rings. The minimum atomic E-state index is -4.84. The second-order valence-electron chi connectivity index (χ2n) is 8.43. The summed E-state index contributed by atoms with van der Waals surface area (Å²) in [5.74, 6) is -2.28. The number of nitrogens with one attached hydrogen (secondary N) is 1. The number of rotatable bonds is 3. The predicted molar refractivity (Wildman–Crippen MR) is 150 cm³/mol. The number of carbonyl (C=O) groups is 2. The van der Waals surface area contributed by atoms with Crippen LogP contribution >= 0.6 is 11.6 Å². The number of aromatic nitrogens is 1. The number of benzene rings is 1. The molecule has 0 spiro atoms. The Hall–Kier alpha value is -3.67. The SMILES string of the molecule is C=C(C)O.CC.CC.CN1C(=O)C(C)(C)C(c2cc(NC(=O)c3nc(Cl)ccc3C(F)(F)F)ccc2F)N=C1N. The van der Waals surface area contributed by atoms with Gasteiger partial charge in [0.25, 0.3) is 5.91 Å². The Bertz CT molecular complexity index is 1230. The maximum Gasteiger partial charge on any atom is 0.418 e. The Labute approximate surface area is 236 Å². The van der Waals surface area contributed by atoms with E-state index in [1.165, 1.54) is 20.0 Å². The number of aliphatic hydroxyl groups excluding tert-OH is 1. The fraction of sp³-hybridized carbons (Fsp3) is 0.407. The van der Waals surface area contributed by atoms with Gasteiger partial charge in [-0.3, -0.25) is 14.5 Å². The van der Waals surface area contributed by atoms with Crippen molar-refractivity contribution in [1.29, 1.82) is 0 Å². The molecule has 8 nitrogen and oxygen atoms in total. The lowest BCUT2D eigenvalue weighted by atomic mass is 9.78. The van der Waals surface area contributed by atoms with Crippen LogP contribution < -0.4 is 11.1 Å². The van der Waals surface area contributed by atoms with E-state index in [4.69, 9.17) is 22.4 Å². The van der Waals surface area contributed by atoms with Crippen LogP contribution in [0.2, 0.25) is 5.15 Å². The molecule has 0 bridgehead atoms. The molecule has 222 valence electrons. The topological polar surface area (TPSA) is 121 Å². The van der Waals surface area contributed by atoms with Gasteiger partial charge >= 0.3 is 6.18 Å². The van der Waals surface area contributed by atoms with Gasteiger partial charge in [0.15, 0.2) is 5.96 Å². The van der Waals surface area contributed by atoms with Gasteiger partial charge in [0, 0.05) is 18.3 Å². The monoisotopic (exact) mass is 589 g/mol. The van der Waals surface area contributed by atoms with Crippen LogP contribution in [-0.2, 0) is 11.0 Å². The Morgan fingerprint density at radius 1 is 1.18 bits per heavy atom. The Morgan fingerprint density at radius 2 is 1.70 bits per heavy atom. The van der Waals surface area contributed by atoms with Crippen molar-refractivity contribution < 1.29 is 32.3 Å². The van der Waals surface area contributed by atoms with Crippen molar-refractivity contribution in [3.63, 3.8) is 0 Å². The number of aliphatic imine (C=N–C) groups is 1. The smallest absolute Gasteiger partial charge is 0.418 e. The molecule has 1 aliphatic rings. The molecule has 1 aromatic heterocycles. The van der Waals surface area contributed by atoms with E-state index in [9.17, 15) is 27.2 Å². The maximum absolute atomic E-state index is 14.7. The molecule has 1 aliphatic heterocycles. The number of pyridine rings is 1. The first-order valence-corrected chi connectivity index (χ1v) is 12.6. The van der Waals surface area contributed by atoms with E-state index in [0.717, 1.165) is 23.1 Å². The highest BCUT2D eigenvalue weighted by Gasteiger charge is 2.45. The molecule has 2 amide bonds. The van der Waals surface area contributed by atoms with E-state index in [1.54, 1.807) is 13.8 Å². The number of alkyl halides is 3. The number of allylic oxidation sites excluding steroid dienone is 1. The lowest BCUT2D eigenvalue weighted by molar-refractivity contribution is -0.138. The largest absolute Gasteiger partial charge is 0.513 e. The zero-order valence-corrected chi connectivity index (χ0v) is 24.5. The van der Waals surface area contributed by atoms with E-state index in [1.807, 2.05) is 27.7 Å². The molecule has 0 aliphatic carbocycles. The molecule has 4 N–H and O–H groups in total. The first-order chi connectivity index (χ1) is 18.5.